The Balaban J connectivity index is 1.50. The van der Waals surface area contributed by atoms with Gasteiger partial charge in [-0.05, 0) is 43.0 Å². The molecule has 7 heteroatoms. The largest absolute Gasteiger partial charge is 0.480 e. The van der Waals surface area contributed by atoms with E-state index in [9.17, 15) is 14.4 Å². The Bertz CT molecular complexity index is 837. The molecule has 2 aromatic rings. The Morgan fingerprint density at radius 3 is 2.59 bits per heavy atom. The van der Waals surface area contributed by atoms with Crippen molar-refractivity contribution in [2.75, 3.05) is 11.9 Å². The second kappa shape index (κ2) is 8.70. The van der Waals surface area contributed by atoms with Gasteiger partial charge in [0.2, 0.25) is 11.8 Å². The van der Waals surface area contributed by atoms with Crippen LogP contribution in [0.5, 0.6) is 0 Å². The molecule has 27 heavy (non-hydrogen) atoms. The van der Waals surface area contributed by atoms with E-state index in [0.29, 0.717) is 18.0 Å². The highest BCUT2D eigenvalue weighted by molar-refractivity contribution is 5.96. The third kappa shape index (κ3) is 5.32. The van der Waals surface area contributed by atoms with Gasteiger partial charge >= 0.3 is 5.97 Å². The fraction of sp³-hybridized carbons (Fsp3) is 0.450. The molecular formula is C20H25N3O4. The van der Waals surface area contributed by atoms with Crippen LogP contribution in [0, 0.1) is 5.92 Å². The summed E-state index contributed by atoms with van der Waals surface area (Å²) in [7, 11) is 0. The molecule has 3 rings (SSSR count). The number of nitrogens with zero attached hydrogens (tertiary/aromatic N) is 1. The van der Waals surface area contributed by atoms with Gasteiger partial charge in [-0.2, -0.15) is 0 Å². The van der Waals surface area contributed by atoms with Crippen molar-refractivity contribution in [1.82, 2.24) is 9.88 Å². The Hall–Kier alpha value is -2.83. The summed E-state index contributed by atoms with van der Waals surface area (Å²) in [5, 5.41) is 15.2. The van der Waals surface area contributed by atoms with Crippen molar-refractivity contribution in [3.63, 3.8) is 0 Å². The van der Waals surface area contributed by atoms with Gasteiger partial charge < -0.3 is 20.3 Å². The smallest absolute Gasteiger partial charge is 0.323 e. The van der Waals surface area contributed by atoms with E-state index >= 15 is 0 Å². The fourth-order valence-electron chi connectivity index (χ4n) is 3.67. The highest BCUT2D eigenvalue weighted by Gasteiger charge is 2.17. The van der Waals surface area contributed by atoms with Crippen LogP contribution < -0.4 is 10.6 Å². The molecule has 0 saturated heterocycles. The van der Waals surface area contributed by atoms with Gasteiger partial charge in [-0.3, -0.25) is 14.4 Å². The van der Waals surface area contributed by atoms with Crippen molar-refractivity contribution in [2.45, 2.75) is 45.1 Å². The molecular weight excluding hydrogens is 346 g/mol. The minimum absolute atomic E-state index is 0.0520. The average molecular weight is 371 g/mol. The molecule has 1 aliphatic rings. The van der Waals surface area contributed by atoms with Crippen LogP contribution in [0.2, 0.25) is 0 Å². The molecule has 0 atom stereocenters. The number of hydrogen-bond acceptors (Lipinski definition) is 3. The first-order valence-electron chi connectivity index (χ1n) is 9.38. The first-order chi connectivity index (χ1) is 13.0. The maximum atomic E-state index is 12.1. The molecule has 0 radical (unpaired) electrons. The first kappa shape index (κ1) is 18.9. The van der Waals surface area contributed by atoms with Gasteiger partial charge in [0.05, 0.1) is 6.54 Å². The summed E-state index contributed by atoms with van der Waals surface area (Å²) in [6.45, 7) is -0.161. The zero-order valence-electron chi connectivity index (χ0n) is 15.2. The number of benzene rings is 1. The van der Waals surface area contributed by atoms with Crippen LogP contribution >= 0.6 is 0 Å². The SMILES string of the molecule is O=C(O)Cn1ccc2cc(NC(=O)CNC(=O)CC3CCCCC3)ccc21. The Kier molecular flexibility index (Phi) is 6.11. The van der Waals surface area contributed by atoms with Gasteiger partial charge in [0.15, 0.2) is 0 Å². The van der Waals surface area contributed by atoms with Crippen LogP contribution in [-0.4, -0.2) is 34.0 Å². The number of carbonyl (C=O) groups excluding carboxylic acids is 2. The van der Waals surface area contributed by atoms with Crippen LogP contribution in [0.4, 0.5) is 5.69 Å². The summed E-state index contributed by atoms with van der Waals surface area (Å²) in [5.41, 5.74) is 1.40. The van der Waals surface area contributed by atoms with Crippen molar-refractivity contribution in [3.8, 4) is 0 Å². The number of aromatic nitrogens is 1. The maximum Gasteiger partial charge on any atom is 0.323 e. The summed E-state index contributed by atoms with van der Waals surface area (Å²) in [6, 6.07) is 7.09. The summed E-state index contributed by atoms with van der Waals surface area (Å²) in [5.74, 6) is -0.817. The monoisotopic (exact) mass is 371 g/mol. The van der Waals surface area contributed by atoms with Gasteiger partial charge in [-0.25, -0.2) is 0 Å². The third-order valence-electron chi connectivity index (χ3n) is 5.01. The Morgan fingerprint density at radius 1 is 1.07 bits per heavy atom. The topological polar surface area (TPSA) is 100 Å². The van der Waals surface area contributed by atoms with Crippen molar-refractivity contribution in [2.24, 2.45) is 5.92 Å². The number of carboxylic acids is 1. The number of aliphatic carboxylic acids is 1. The lowest BCUT2D eigenvalue weighted by Gasteiger charge is -2.20. The molecule has 0 bridgehead atoms. The van der Waals surface area contributed by atoms with Crippen LogP contribution in [0.3, 0.4) is 0 Å². The fourth-order valence-corrected chi connectivity index (χ4v) is 3.67. The van der Waals surface area contributed by atoms with Crippen molar-refractivity contribution in [3.05, 3.63) is 30.5 Å². The quantitative estimate of drug-likeness (QED) is 0.697. The molecule has 1 saturated carbocycles. The minimum Gasteiger partial charge on any atom is -0.480 e. The summed E-state index contributed by atoms with van der Waals surface area (Å²) < 4.78 is 1.63. The summed E-state index contributed by atoms with van der Waals surface area (Å²) in [4.78, 5) is 34.9. The highest BCUT2D eigenvalue weighted by atomic mass is 16.4. The average Bonchev–Trinajstić information content (AvgIpc) is 3.02. The summed E-state index contributed by atoms with van der Waals surface area (Å²) in [6.07, 6.45) is 8.03. The number of hydrogen-bond donors (Lipinski definition) is 3. The summed E-state index contributed by atoms with van der Waals surface area (Å²) >= 11 is 0. The van der Waals surface area contributed by atoms with E-state index in [-0.39, 0.29) is 24.9 Å². The number of nitrogens with one attached hydrogen (secondary N) is 2. The first-order valence-corrected chi connectivity index (χ1v) is 9.38. The number of amides is 2. The Labute approximate surface area is 157 Å². The van der Waals surface area contributed by atoms with E-state index in [0.717, 1.165) is 23.7 Å². The number of carbonyl (C=O) groups is 3. The predicted molar refractivity (Wildman–Crippen MR) is 102 cm³/mol. The molecule has 144 valence electrons. The second-order valence-electron chi connectivity index (χ2n) is 7.14. The molecule has 0 unspecified atom stereocenters. The number of carboxylic acid groups (broad SMARTS) is 1. The molecule has 0 aliphatic heterocycles. The molecule has 1 heterocycles. The zero-order chi connectivity index (χ0) is 19.2. The number of rotatable bonds is 7. The van der Waals surface area contributed by atoms with E-state index in [1.165, 1.54) is 19.3 Å². The molecule has 1 aromatic carbocycles. The van der Waals surface area contributed by atoms with E-state index in [1.807, 2.05) is 0 Å². The second-order valence-corrected chi connectivity index (χ2v) is 7.14. The van der Waals surface area contributed by atoms with Crippen molar-refractivity contribution >= 4 is 34.4 Å². The van der Waals surface area contributed by atoms with Gasteiger partial charge in [0.1, 0.15) is 6.54 Å². The molecule has 7 nitrogen and oxygen atoms in total. The lowest BCUT2D eigenvalue weighted by molar-refractivity contribution is -0.137. The minimum atomic E-state index is -0.908. The van der Waals surface area contributed by atoms with Crippen LogP contribution in [0.25, 0.3) is 10.9 Å². The van der Waals surface area contributed by atoms with Gasteiger partial charge in [0.25, 0.3) is 0 Å². The number of anilines is 1. The van der Waals surface area contributed by atoms with Crippen molar-refractivity contribution in [1.29, 1.82) is 0 Å². The molecule has 1 aliphatic carbocycles. The van der Waals surface area contributed by atoms with Crippen LogP contribution in [0.1, 0.15) is 38.5 Å². The lowest BCUT2D eigenvalue weighted by atomic mass is 9.87. The molecule has 1 fully saturated rings. The predicted octanol–water partition coefficient (Wildman–Crippen LogP) is 2.75. The van der Waals surface area contributed by atoms with Gasteiger partial charge in [-0.1, -0.05) is 19.3 Å². The van der Waals surface area contributed by atoms with E-state index in [4.69, 9.17) is 5.11 Å². The van der Waals surface area contributed by atoms with Crippen molar-refractivity contribution < 1.29 is 19.5 Å². The van der Waals surface area contributed by atoms with E-state index < -0.39 is 5.97 Å². The van der Waals surface area contributed by atoms with Gasteiger partial charge in [0, 0.05) is 29.2 Å². The molecule has 0 spiro atoms. The number of fused-ring (bicyclic) bond motifs is 1. The van der Waals surface area contributed by atoms with E-state index in [2.05, 4.69) is 10.6 Å². The lowest BCUT2D eigenvalue weighted by Crippen LogP contribution is -2.34. The third-order valence-corrected chi connectivity index (χ3v) is 5.01. The molecule has 3 N–H and O–H groups in total. The Morgan fingerprint density at radius 2 is 1.85 bits per heavy atom. The normalized spacial score (nSPS) is 14.8. The standard InChI is InChI=1S/C20H25N3O4/c24-18(10-14-4-2-1-3-5-14)21-12-19(25)22-16-6-7-17-15(11-16)8-9-23(17)13-20(26)27/h6-9,11,14H,1-5,10,12-13H2,(H,21,24)(H,22,25)(H,26,27). The van der Waals surface area contributed by atoms with Crippen LogP contribution in [-0.2, 0) is 20.9 Å². The molecule has 1 aromatic heterocycles. The molecule has 2 amide bonds. The van der Waals surface area contributed by atoms with Gasteiger partial charge in [-0.15, -0.1) is 0 Å². The van der Waals surface area contributed by atoms with Crippen LogP contribution in [0.15, 0.2) is 30.5 Å². The highest BCUT2D eigenvalue weighted by Crippen LogP contribution is 2.26. The van der Waals surface area contributed by atoms with E-state index in [1.54, 1.807) is 35.0 Å². The zero-order valence-corrected chi connectivity index (χ0v) is 15.2. The maximum absolute atomic E-state index is 12.1.